The Hall–Kier alpha value is -2.36. The van der Waals surface area contributed by atoms with Crippen LogP contribution in [0.1, 0.15) is 29.2 Å². The smallest absolute Gasteiger partial charge is 0.272 e. The van der Waals surface area contributed by atoms with Crippen molar-refractivity contribution in [2.75, 3.05) is 6.61 Å². The quantitative estimate of drug-likeness (QED) is 0.235. The molecule has 8 heteroatoms. The van der Waals surface area contributed by atoms with Crippen LogP contribution in [-0.4, -0.2) is 17.5 Å². The predicted octanol–water partition coefficient (Wildman–Crippen LogP) is 3.45. The van der Waals surface area contributed by atoms with E-state index in [0.29, 0.717) is 18.1 Å². The molecule has 0 saturated heterocycles. The first kappa shape index (κ1) is 20.0. The van der Waals surface area contributed by atoms with E-state index < -0.39 is 0 Å². The largest absolute Gasteiger partial charge is 0.493 e. The molecule has 0 aliphatic carbocycles. The lowest BCUT2D eigenvalue weighted by molar-refractivity contribution is -0.385. The van der Waals surface area contributed by atoms with Gasteiger partial charge in [-0.2, -0.15) is 0 Å². The molecule has 0 bridgehead atoms. The van der Waals surface area contributed by atoms with E-state index in [0.717, 1.165) is 23.3 Å². The van der Waals surface area contributed by atoms with Crippen molar-refractivity contribution in [2.45, 2.75) is 25.9 Å². The maximum absolute atomic E-state index is 11.0. The standard InChI is InChI=1S/C18H20N4O3.HI/c1-12-13(5-4-7-16(12)22(23)24)11-20-18(19)21-15-9-10-25-17-8-3-2-6-14(15)17;/h2-8,15H,9-11H2,1H3,(H3,19,20,21);1H. The number of nitrogens with two attached hydrogens (primary N) is 1. The Labute approximate surface area is 168 Å². The first-order valence-electron chi connectivity index (χ1n) is 8.07. The number of nitrogens with one attached hydrogen (secondary N) is 1. The lowest BCUT2D eigenvalue weighted by atomic mass is 10.0. The molecule has 3 rings (SSSR count). The first-order chi connectivity index (χ1) is 12.1. The van der Waals surface area contributed by atoms with E-state index in [1.54, 1.807) is 13.0 Å². The maximum Gasteiger partial charge on any atom is 0.272 e. The number of para-hydroxylation sites is 1. The maximum atomic E-state index is 11.0. The minimum atomic E-state index is -0.386. The highest BCUT2D eigenvalue weighted by Crippen LogP contribution is 2.31. The van der Waals surface area contributed by atoms with Crippen molar-refractivity contribution in [3.05, 3.63) is 69.3 Å². The van der Waals surface area contributed by atoms with E-state index in [1.807, 2.05) is 30.3 Å². The number of fused-ring (bicyclic) bond motifs is 1. The summed E-state index contributed by atoms with van der Waals surface area (Å²) in [6.07, 6.45) is 0.795. The van der Waals surface area contributed by atoms with Crippen molar-refractivity contribution in [1.82, 2.24) is 5.32 Å². The number of nitrogens with zero attached hydrogens (tertiary/aromatic N) is 2. The van der Waals surface area contributed by atoms with Crippen LogP contribution in [0.3, 0.4) is 0 Å². The van der Waals surface area contributed by atoms with Gasteiger partial charge in [0.1, 0.15) is 5.75 Å². The molecule has 1 heterocycles. The Morgan fingerprint density at radius 2 is 2.12 bits per heavy atom. The number of aliphatic imine (C=N–C) groups is 1. The number of benzene rings is 2. The number of guanidine groups is 1. The molecule has 138 valence electrons. The highest BCUT2D eigenvalue weighted by Gasteiger charge is 2.21. The monoisotopic (exact) mass is 468 g/mol. The van der Waals surface area contributed by atoms with Gasteiger partial charge in [-0.25, -0.2) is 4.99 Å². The van der Waals surface area contributed by atoms with Gasteiger partial charge < -0.3 is 15.8 Å². The van der Waals surface area contributed by atoms with Crippen molar-refractivity contribution < 1.29 is 9.66 Å². The van der Waals surface area contributed by atoms with Crippen molar-refractivity contribution in [3.8, 4) is 5.75 Å². The zero-order chi connectivity index (χ0) is 17.8. The van der Waals surface area contributed by atoms with E-state index in [-0.39, 0.29) is 47.2 Å². The molecule has 1 atom stereocenters. The van der Waals surface area contributed by atoms with Crippen LogP contribution >= 0.6 is 24.0 Å². The third-order valence-corrected chi connectivity index (χ3v) is 4.31. The molecule has 1 aliphatic heterocycles. The van der Waals surface area contributed by atoms with Gasteiger partial charge in [0, 0.05) is 23.6 Å². The van der Waals surface area contributed by atoms with Crippen LogP contribution in [0.4, 0.5) is 5.69 Å². The summed E-state index contributed by atoms with van der Waals surface area (Å²) < 4.78 is 5.63. The molecule has 3 N–H and O–H groups in total. The number of nitro benzene ring substituents is 1. The highest BCUT2D eigenvalue weighted by atomic mass is 127. The van der Waals surface area contributed by atoms with Crippen LogP contribution in [-0.2, 0) is 6.54 Å². The normalized spacial score (nSPS) is 16.0. The predicted molar refractivity (Wildman–Crippen MR) is 111 cm³/mol. The lowest BCUT2D eigenvalue weighted by Crippen LogP contribution is -2.37. The molecular weight excluding hydrogens is 447 g/mol. The average molecular weight is 468 g/mol. The van der Waals surface area contributed by atoms with Gasteiger partial charge >= 0.3 is 0 Å². The van der Waals surface area contributed by atoms with E-state index in [4.69, 9.17) is 10.5 Å². The molecule has 0 radical (unpaired) electrons. The van der Waals surface area contributed by atoms with Gasteiger partial charge in [-0.3, -0.25) is 10.1 Å². The molecule has 2 aromatic carbocycles. The Bertz CT molecular complexity index is 826. The second-order valence-corrected chi connectivity index (χ2v) is 5.89. The first-order valence-corrected chi connectivity index (χ1v) is 8.07. The molecule has 2 aromatic rings. The number of hydrogen-bond acceptors (Lipinski definition) is 4. The molecule has 0 spiro atoms. The van der Waals surface area contributed by atoms with Crippen LogP contribution in [0.25, 0.3) is 0 Å². The highest BCUT2D eigenvalue weighted by molar-refractivity contribution is 14.0. The summed E-state index contributed by atoms with van der Waals surface area (Å²) in [5, 5.41) is 14.2. The van der Waals surface area contributed by atoms with Gasteiger partial charge in [0.25, 0.3) is 5.69 Å². The van der Waals surface area contributed by atoms with Crippen LogP contribution in [0, 0.1) is 17.0 Å². The number of halogens is 1. The summed E-state index contributed by atoms with van der Waals surface area (Å²) in [6.45, 7) is 2.63. The second-order valence-electron chi connectivity index (χ2n) is 5.89. The third-order valence-electron chi connectivity index (χ3n) is 4.31. The molecule has 0 aromatic heterocycles. The number of hydrogen-bond donors (Lipinski definition) is 2. The van der Waals surface area contributed by atoms with E-state index >= 15 is 0 Å². The van der Waals surface area contributed by atoms with E-state index in [2.05, 4.69) is 10.3 Å². The zero-order valence-corrected chi connectivity index (χ0v) is 16.7. The topological polar surface area (TPSA) is 103 Å². The van der Waals surface area contributed by atoms with Crippen LogP contribution in [0.5, 0.6) is 5.75 Å². The van der Waals surface area contributed by atoms with Gasteiger partial charge in [0.05, 0.1) is 24.1 Å². The minimum absolute atomic E-state index is 0. The molecule has 7 nitrogen and oxygen atoms in total. The van der Waals surface area contributed by atoms with Crippen LogP contribution in [0.15, 0.2) is 47.5 Å². The Balaban J connectivity index is 0.00000243. The summed E-state index contributed by atoms with van der Waals surface area (Å²) in [6, 6.07) is 12.8. The number of nitro groups is 1. The Morgan fingerprint density at radius 3 is 2.88 bits per heavy atom. The molecule has 26 heavy (non-hydrogen) atoms. The summed E-state index contributed by atoms with van der Waals surface area (Å²) in [7, 11) is 0. The van der Waals surface area contributed by atoms with Crippen molar-refractivity contribution in [1.29, 1.82) is 0 Å². The summed E-state index contributed by atoms with van der Waals surface area (Å²) in [5.41, 5.74) is 8.57. The fourth-order valence-electron chi connectivity index (χ4n) is 2.93. The summed E-state index contributed by atoms with van der Waals surface area (Å²) >= 11 is 0. The third kappa shape index (κ3) is 4.43. The average Bonchev–Trinajstić information content (AvgIpc) is 2.61. The lowest BCUT2D eigenvalue weighted by Gasteiger charge is -2.26. The van der Waals surface area contributed by atoms with Gasteiger partial charge in [0.2, 0.25) is 0 Å². The second kappa shape index (κ2) is 8.84. The minimum Gasteiger partial charge on any atom is -0.493 e. The Kier molecular flexibility index (Phi) is 6.78. The molecule has 1 aliphatic rings. The van der Waals surface area contributed by atoms with Gasteiger partial charge in [0.15, 0.2) is 5.96 Å². The Morgan fingerprint density at radius 1 is 1.35 bits per heavy atom. The van der Waals surface area contributed by atoms with Crippen LogP contribution in [0.2, 0.25) is 0 Å². The van der Waals surface area contributed by atoms with Crippen molar-refractivity contribution >= 4 is 35.6 Å². The fourth-order valence-corrected chi connectivity index (χ4v) is 2.93. The zero-order valence-electron chi connectivity index (χ0n) is 14.3. The number of ether oxygens (including phenoxy) is 1. The van der Waals surface area contributed by atoms with Gasteiger partial charge in [-0.1, -0.05) is 30.3 Å². The number of rotatable bonds is 4. The van der Waals surface area contributed by atoms with Crippen molar-refractivity contribution in [2.24, 2.45) is 10.7 Å². The van der Waals surface area contributed by atoms with Crippen LogP contribution < -0.4 is 15.8 Å². The molecule has 0 saturated carbocycles. The molecule has 0 fully saturated rings. The van der Waals surface area contributed by atoms with Crippen molar-refractivity contribution in [3.63, 3.8) is 0 Å². The summed E-state index contributed by atoms with van der Waals surface area (Å²) in [4.78, 5) is 15.0. The van der Waals surface area contributed by atoms with Gasteiger partial charge in [-0.15, -0.1) is 24.0 Å². The van der Waals surface area contributed by atoms with E-state index in [9.17, 15) is 10.1 Å². The van der Waals surface area contributed by atoms with Gasteiger partial charge in [-0.05, 0) is 18.6 Å². The molecule has 1 unspecified atom stereocenters. The van der Waals surface area contributed by atoms with E-state index in [1.165, 1.54) is 6.07 Å². The molecular formula is C18H21IN4O3. The fraction of sp³-hybridized carbons (Fsp3) is 0.278. The summed E-state index contributed by atoms with van der Waals surface area (Å²) in [5.74, 6) is 1.17. The molecule has 0 amide bonds. The SMILES string of the molecule is Cc1c(CN=C(N)NC2CCOc3ccccc32)cccc1[N+](=O)[O-].I.